The van der Waals surface area contributed by atoms with Crippen molar-refractivity contribution in [3.8, 4) is 23.0 Å². The molecule has 0 aliphatic heterocycles. The molecule has 7 heteroatoms. The van der Waals surface area contributed by atoms with Crippen molar-refractivity contribution in [1.82, 2.24) is 10.6 Å². The minimum atomic E-state index is -1.14. The van der Waals surface area contributed by atoms with Crippen LogP contribution in [0.5, 0.6) is 0 Å². The van der Waals surface area contributed by atoms with Crippen LogP contribution in [0.4, 0.5) is 4.79 Å². The smallest absolute Gasteiger partial charge is 0.407 e. The molecule has 0 saturated heterocycles. The summed E-state index contributed by atoms with van der Waals surface area (Å²) in [6, 6.07) is 15.1. The fraction of sp³-hybridized carbons (Fsp3) is 0.346. The summed E-state index contributed by atoms with van der Waals surface area (Å²) in [6.07, 6.45) is 0.730. The van der Waals surface area contributed by atoms with Crippen LogP contribution in [0.3, 0.4) is 0 Å². The highest BCUT2D eigenvalue weighted by Gasteiger charge is 2.46. The maximum absolute atomic E-state index is 12.6. The van der Waals surface area contributed by atoms with Gasteiger partial charge < -0.3 is 20.5 Å². The lowest BCUT2D eigenvalue weighted by Crippen LogP contribution is -2.45. The van der Waals surface area contributed by atoms with Gasteiger partial charge in [-0.1, -0.05) is 48.5 Å². The van der Waals surface area contributed by atoms with Gasteiger partial charge in [-0.3, -0.25) is 4.79 Å². The molecule has 0 spiro atoms. The van der Waals surface area contributed by atoms with Gasteiger partial charge in [0.25, 0.3) is 0 Å². The Morgan fingerprint density at radius 1 is 1.09 bits per heavy atom. The zero-order chi connectivity index (χ0) is 23.4. The van der Waals surface area contributed by atoms with Crippen LogP contribution in [-0.2, 0) is 14.3 Å². The SMILES string of the molecule is CC#CCC(NC(=O)CC1(NC(=O)OCC2c3ccccc3-c3ccccc32)CC1)C(=O)O. The number of benzene rings is 2. The monoisotopic (exact) mass is 446 g/mol. The van der Waals surface area contributed by atoms with E-state index in [1.165, 1.54) is 0 Å². The number of alkyl carbamates (subject to hydrolysis) is 1. The standard InChI is InChI=1S/C26H26N2O5/c1-2-3-12-22(24(30)31)27-23(29)15-26(13-14-26)28-25(32)33-16-21-19-10-6-4-8-17(19)18-9-5-7-11-20(18)21/h4-11,21-22H,12-16H2,1H3,(H,27,29)(H,28,32)(H,30,31). The van der Waals surface area contributed by atoms with Crippen LogP contribution >= 0.6 is 0 Å². The van der Waals surface area contributed by atoms with Crippen LogP contribution in [0.2, 0.25) is 0 Å². The van der Waals surface area contributed by atoms with Crippen LogP contribution in [0.15, 0.2) is 48.5 Å². The van der Waals surface area contributed by atoms with E-state index in [2.05, 4.69) is 46.7 Å². The molecule has 170 valence electrons. The number of nitrogens with one attached hydrogen (secondary N) is 2. The van der Waals surface area contributed by atoms with Crippen molar-refractivity contribution >= 4 is 18.0 Å². The molecule has 1 saturated carbocycles. The normalized spacial score (nSPS) is 15.8. The molecule has 0 radical (unpaired) electrons. The predicted molar refractivity (Wildman–Crippen MR) is 122 cm³/mol. The Bertz CT molecular complexity index is 1100. The van der Waals surface area contributed by atoms with E-state index in [-0.39, 0.29) is 25.4 Å². The molecule has 0 aromatic heterocycles. The van der Waals surface area contributed by atoms with Gasteiger partial charge in [-0.15, -0.1) is 11.8 Å². The topological polar surface area (TPSA) is 105 Å². The Morgan fingerprint density at radius 2 is 1.70 bits per heavy atom. The fourth-order valence-corrected chi connectivity index (χ4v) is 4.30. The van der Waals surface area contributed by atoms with Gasteiger partial charge in [-0.25, -0.2) is 9.59 Å². The minimum absolute atomic E-state index is 0.000525. The van der Waals surface area contributed by atoms with Crippen molar-refractivity contribution in [2.75, 3.05) is 6.61 Å². The molecule has 7 nitrogen and oxygen atoms in total. The van der Waals surface area contributed by atoms with Gasteiger partial charge in [0, 0.05) is 18.8 Å². The Balaban J connectivity index is 1.33. The van der Waals surface area contributed by atoms with Crippen molar-refractivity contribution in [2.24, 2.45) is 0 Å². The minimum Gasteiger partial charge on any atom is -0.480 e. The highest BCUT2D eigenvalue weighted by atomic mass is 16.5. The number of carbonyl (C=O) groups excluding carboxylic acids is 2. The molecular weight excluding hydrogens is 420 g/mol. The Morgan fingerprint density at radius 3 is 2.24 bits per heavy atom. The van der Waals surface area contributed by atoms with Crippen molar-refractivity contribution in [3.63, 3.8) is 0 Å². The molecule has 33 heavy (non-hydrogen) atoms. The number of aliphatic carboxylic acids is 1. The van der Waals surface area contributed by atoms with Gasteiger partial charge in [0.2, 0.25) is 5.91 Å². The largest absolute Gasteiger partial charge is 0.480 e. The van der Waals surface area contributed by atoms with Crippen LogP contribution in [0.25, 0.3) is 11.1 Å². The van der Waals surface area contributed by atoms with Gasteiger partial charge in [-0.2, -0.15) is 0 Å². The molecule has 2 aromatic rings. The van der Waals surface area contributed by atoms with Gasteiger partial charge >= 0.3 is 12.1 Å². The van der Waals surface area contributed by atoms with Gasteiger partial charge in [0.15, 0.2) is 0 Å². The second-order valence-corrected chi connectivity index (χ2v) is 8.50. The molecule has 1 atom stereocenters. The molecule has 0 bridgehead atoms. The second kappa shape index (κ2) is 9.37. The third kappa shape index (κ3) is 5.01. The van der Waals surface area contributed by atoms with Crippen molar-refractivity contribution in [1.29, 1.82) is 0 Å². The van der Waals surface area contributed by atoms with E-state index in [4.69, 9.17) is 4.74 Å². The van der Waals surface area contributed by atoms with E-state index >= 15 is 0 Å². The van der Waals surface area contributed by atoms with E-state index in [9.17, 15) is 19.5 Å². The number of rotatable bonds is 8. The molecule has 2 aliphatic rings. The molecule has 4 rings (SSSR count). The molecule has 0 heterocycles. The van der Waals surface area contributed by atoms with Gasteiger partial charge in [-0.05, 0) is 42.0 Å². The third-order valence-corrected chi connectivity index (χ3v) is 6.18. The Labute approximate surface area is 192 Å². The zero-order valence-corrected chi connectivity index (χ0v) is 18.4. The van der Waals surface area contributed by atoms with E-state index < -0.39 is 29.6 Å². The summed E-state index contributed by atoms with van der Waals surface area (Å²) in [6.45, 7) is 1.80. The van der Waals surface area contributed by atoms with Crippen LogP contribution in [0.1, 0.15) is 49.7 Å². The molecule has 2 aromatic carbocycles. The third-order valence-electron chi connectivity index (χ3n) is 6.18. The van der Waals surface area contributed by atoms with E-state index in [0.29, 0.717) is 12.8 Å². The van der Waals surface area contributed by atoms with Crippen molar-refractivity contribution in [3.05, 3.63) is 59.7 Å². The van der Waals surface area contributed by atoms with E-state index in [1.807, 2.05) is 24.3 Å². The Kier molecular flexibility index (Phi) is 6.36. The average molecular weight is 447 g/mol. The first kappa shape index (κ1) is 22.4. The summed E-state index contributed by atoms with van der Waals surface area (Å²) < 4.78 is 5.58. The average Bonchev–Trinajstić information content (AvgIpc) is 3.47. The number of carboxylic acid groups (broad SMARTS) is 1. The lowest BCUT2D eigenvalue weighted by Gasteiger charge is -2.20. The molecule has 1 unspecified atom stereocenters. The highest BCUT2D eigenvalue weighted by molar-refractivity contribution is 5.85. The summed E-state index contributed by atoms with van der Waals surface area (Å²) in [5, 5.41) is 14.6. The maximum atomic E-state index is 12.6. The van der Waals surface area contributed by atoms with Gasteiger partial charge in [0.1, 0.15) is 12.6 Å². The number of hydrogen-bond acceptors (Lipinski definition) is 4. The summed E-state index contributed by atoms with van der Waals surface area (Å²) in [5.74, 6) is 3.68. The number of carboxylic acids is 1. The molecule has 2 aliphatic carbocycles. The first-order valence-electron chi connectivity index (χ1n) is 11.0. The van der Waals surface area contributed by atoms with Crippen LogP contribution in [-0.4, -0.2) is 41.3 Å². The van der Waals surface area contributed by atoms with E-state index in [0.717, 1.165) is 22.3 Å². The van der Waals surface area contributed by atoms with Crippen LogP contribution in [0, 0.1) is 11.8 Å². The molecule has 2 amide bonds. The maximum Gasteiger partial charge on any atom is 0.407 e. The quantitative estimate of drug-likeness (QED) is 0.539. The number of fused-ring (bicyclic) bond motifs is 3. The number of carbonyl (C=O) groups is 3. The molecule has 1 fully saturated rings. The molecular formula is C26H26N2O5. The Hall–Kier alpha value is -3.79. The lowest BCUT2D eigenvalue weighted by molar-refractivity contribution is -0.141. The summed E-state index contributed by atoms with van der Waals surface area (Å²) in [4.78, 5) is 36.3. The number of amides is 2. The van der Waals surface area contributed by atoms with E-state index in [1.54, 1.807) is 6.92 Å². The number of ether oxygens (including phenoxy) is 1. The molecule has 3 N–H and O–H groups in total. The summed E-state index contributed by atoms with van der Waals surface area (Å²) in [7, 11) is 0. The predicted octanol–water partition coefficient (Wildman–Crippen LogP) is 3.43. The summed E-state index contributed by atoms with van der Waals surface area (Å²) in [5.41, 5.74) is 3.87. The lowest BCUT2D eigenvalue weighted by atomic mass is 9.98. The first-order valence-corrected chi connectivity index (χ1v) is 11.0. The number of hydrogen-bond donors (Lipinski definition) is 3. The second-order valence-electron chi connectivity index (χ2n) is 8.50. The van der Waals surface area contributed by atoms with Gasteiger partial charge in [0.05, 0.1) is 5.54 Å². The van der Waals surface area contributed by atoms with Crippen molar-refractivity contribution in [2.45, 2.75) is 50.1 Å². The highest BCUT2D eigenvalue weighted by Crippen LogP contribution is 2.44. The first-order chi connectivity index (χ1) is 15.9. The van der Waals surface area contributed by atoms with Crippen LogP contribution < -0.4 is 10.6 Å². The zero-order valence-electron chi connectivity index (χ0n) is 18.4. The summed E-state index contributed by atoms with van der Waals surface area (Å²) >= 11 is 0. The van der Waals surface area contributed by atoms with Crippen molar-refractivity contribution < 1.29 is 24.2 Å². The fourth-order valence-electron chi connectivity index (χ4n) is 4.30.